The number of hydrogen-bond acceptors (Lipinski definition) is 3. The minimum atomic E-state index is -0.194. The molecular weight excluding hydrogens is 221 g/mol. The molecule has 0 aliphatic carbocycles. The lowest BCUT2D eigenvalue weighted by molar-refractivity contribution is -0.140. The number of benzene rings is 1. The lowest BCUT2D eigenvalue weighted by Crippen LogP contribution is -2.19. The minimum Gasteiger partial charge on any atom is -0.469 e. The van der Waals surface area contributed by atoms with Crippen LogP contribution in [0.25, 0.3) is 0 Å². The van der Waals surface area contributed by atoms with E-state index < -0.39 is 0 Å². The average Bonchev–Trinajstić information content (AvgIpc) is 2.35. The van der Waals surface area contributed by atoms with E-state index in [1.54, 1.807) is 12.1 Å². The molecule has 0 amide bonds. The van der Waals surface area contributed by atoms with Crippen LogP contribution in [-0.4, -0.2) is 26.2 Å². The van der Waals surface area contributed by atoms with Gasteiger partial charge in [-0.25, -0.2) is 4.39 Å². The van der Waals surface area contributed by atoms with Gasteiger partial charge < -0.3 is 10.1 Å². The minimum absolute atomic E-state index is 0.163. The highest BCUT2D eigenvalue weighted by atomic mass is 19.1. The fraction of sp³-hybridized carbons (Fsp3) is 0.462. The number of carbonyl (C=O) groups excluding carboxylic acids is 1. The summed E-state index contributed by atoms with van der Waals surface area (Å²) in [7, 11) is 1.38. The van der Waals surface area contributed by atoms with Crippen LogP contribution in [0.15, 0.2) is 24.3 Å². The summed E-state index contributed by atoms with van der Waals surface area (Å²) in [5, 5.41) is 3.17. The van der Waals surface area contributed by atoms with Gasteiger partial charge in [0.1, 0.15) is 5.82 Å². The van der Waals surface area contributed by atoms with Crippen LogP contribution in [0, 0.1) is 5.82 Å². The maximum atomic E-state index is 13.2. The van der Waals surface area contributed by atoms with Crippen molar-refractivity contribution in [1.29, 1.82) is 0 Å². The fourth-order valence-electron chi connectivity index (χ4n) is 1.51. The molecule has 0 spiro atoms. The quantitative estimate of drug-likeness (QED) is 0.583. The third kappa shape index (κ3) is 5.45. The standard InChI is InChI=1S/C13H18FNO2/c1-17-13(16)7-4-9-15-10-8-11-5-2-3-6-12(11)14/h2-3,5-6,15H,4,7-10H2,1H3. The van der Waals surface area contributed by atoms with Crippen LogP contribution in [0.5, 0.6) is 0 Å². The van der Waals surface area contributed by atoms with Gasteiger partial charge in [0.25, 0.3) is 0 Å². The van der Waals surface area contributed by atoms with Crippen molar-refractivity contribution in [2.45, 2.75) is 19.3 Å². The summed E-state index contributed by atoms with van der Waals surface area (Å²) in [6, 6.07) is 6.76. The summed E-state index contributed by atoms with van der Waals surface area (Å²) in [6.45, 7) is 1.45. The van der Waals surface area contributed by atoms with Crippen molar-refractivity contribution in [3.63, 3.8) is 0 Å². The molecule has 1 aromatic rings. The molecule has 0 heterocycles. The number of ether oxygens (including phenoxy) is 1. The Balaban J connectivity index is 2.09. The smallest absolute Gasteiger partial charge is 0.305 e. The molecule has 1 rings (SSSR count). The van der Waals surface area contributed by atoms with Gasteiger partial charge in [-0.1, -0.05) is 18.2 Å². The highest BCUT2D eigenvalue weighted by Gasteiger charge is 2.01. The van der Waals surface area contributed by atoms with Gasteiger partial charge >= 0.3 is 5.97 Å². The number of hydrogen-bond donors (Lipinski definition) is 1. The molecule has 0 unspecified atom stereocenters. The van der Waals surface area contributed by atoms with E-state index in [0.717, 1.165) is 13.0 Å². The van der Waals surface area contributed by atoms with Crippen molar-refractivity contribution in [2.75, 3.05) is 20.2 Å². The predicted molar refractivity (Wildman–Crippen MR) is 64.2 cm³/mol. The van der Waals surface area contributed by atoms with Crippen LogP contribution >= 0.6 is 0 Å². The number of esters is 1. The molecule has 94 valence electrons. The van der Waals surface area contributed by atoms with Gasteiger partial charge in [-0.3, -0.25) is 4.79 Å². The molecule has 0 saturated heterocycles. The molecule has 0 saturated carbocycles. The fourth-order valence-corrected chi connectivity index (χ4v) is 1.51. The lowest BCUT2D eigenvalue weighted by atomic mass is 10.1. The highest BCUT2D eigenvalue weighted by Crippen LogP contribution is 2.06. The van der Waals surface area contributed by atoms with Crippen LogP contribution in [0.1, 0.15) is 18.4 Å². The molecule has 3 nitrogen and oxygen atoms in total. The van der Waals surface area contributed by atoms with E-state index in [1.165, 1.54) is 13.2 Å². The average molecular weight is 239 g/mol. The third-order valence-corrected chi connectivity index (χ3v) is 2.49. The summed E-state index contributed by atoms with van der Waals surface area (Å²) in [5.41, 5.74) is 0.716. The molecule has 0 bridgehead atoms. The molecule has 0 radical (unpaired) electrons. The Bertz CT molecular complexity index is 355. The number of rotatable bonds is 7. The van der Waals surface area contributed by atoms with Crippen LogP contribution in [-0.2, 0) is 16.0 Å². The maximum absolute atomic E-state index is 13.2. The van der Waals surface area contributed by atoms with E-state index in [2.05, 4.69) is 10.1 Å². The first-order valence-electron chi connectivity index (χ1n) is 5.75. The Morgan fingerprint density at radius 1 is 1.35 bits per heavy atom. The van der Waals surface area contributed by atoms with Gasteiger partial charge in [-0.2, -0.15) is 0 Å². The zero-order valence-corrected chi connectivity index (χ0v) is 10.0. The van der Waals surface area contributed by atoms with Gasteiger partial charge in [-0.15, -0.1) is 0 Å². The molecule has 0 aliphatic heterocycles. The van der Waals surface area contributed by atoms with Crippen molar-refractivity contribution in [3.05, 3.63) is 35.6 Å². The number of halogens is 1. The SMILES string of the molecule is COC(=O)CCCNCCc1ccccc1F. The molecule has 0 atom stereocenters. The second-order valence-electron chi connectivity index (χ2n) is 3.77. The molecule has 1 aromatic carbocycles. The van der Waals surface area contributed by atoms with Crippen LogP contribution in [0.4, 0.5) is 4.39 Å². The Morgan fingerprint density at radius 3 is 2.82 bits per heavy atom. The van der Waals surface area contributed by atoms with Gasteiger partial charge in [0.2, 0.25) is 0 Å². The van der Waals surface area contributed by atoms with Crippen molar-refractivity contribution in [2.24, 2.45) is 0 Å². The van der Waals surface area contributed by atoms with Crippen LogP contribution < -0.4 is 5.32 Å². The lowest BCUT2D eigenvalue weighted by Gasteiger charge is -2.05. The zero-order chi connectivity index (χ0) is 12.5. The molecule has 0 aliphatic rings. The first-order chi connectivity index (χ1) is 8.24. The summed E-state index contributed by atoms with van der Waals surface area (Å²) < 4.78 is 17.8. The second-order valence-corrected chi connectivity index (χ2v) is 3.77. The van der Waals surface area contributed by atoms with Gasteiger partial charge in [0, 0.05) is 6.42 Å². The van der Waals surface area contributed by atoms with E-state index in [-0.39, 0.29) is 11.8 Å². The highest BCUT2D eigenvalue weighted by molar-refractivity contribution is 5.69. The Kier molecular flexibility index (Phi) is 6.25. The predicted octanol–water partition coefficient (Wildman–Crippen LogP) is 1.91. The third-order valence-electron chi connectivity index (χ3n) is 2.49. The Morgan fingerprint density at radius 2 is 2.12 bits per heavy atom. The first-order valence-corrected chi connectivity index (χ1v) is 5.75. The van der Waals surface area contributed by atoms with E-state index in [4.69, 9.17) is 0 Å². The summed E-state index contributed by atoms with van der Waals surface area (Å²) in [5.74, 6) is -0.357. The van der Waals surface area contributed by atoms with E-state index >= 15 is 0 Å². The van der Waals surface area contributed by atoms with E-state index in [9.17, 15) is 9.18 Å². The summed E-state index contributed by atoms with van der Waals surface area (Å²) >= 11 is 0. The van der Waals surface area contributed by atoms with Crippen LogP contribution in [0.3, 0.4) is 0 Å². The summed E-state index contributed by atoms with van der Waals surface area (Å²) in [4.78, 5) is 10.8. The summed E-state index contributed by atoms with van der Waals surface area (Å²) in [6.07, 6.45) is 1.82. The van der Waals surface area contributed by atoms with Gasteiger partial charge in [-0.05, 0) is 37.6 Å². The molecule has 0 fully saturated rings. The van der Waals surface area contributed by atoms with Crippen molar-refractivity contribution in [1.82, 2.24) is 5.32 Å². The number of carbonyl (C=O) groups is 1. The first kappa shape index (κ1) is 13.6. The molecule has 1 N–H and O–H groups in total. The number of methoxy groups -OCH3 is 1. The van der Waals surface area contributed by atoms with Crippen molar-refractivity contribution < 1.29 is 13.9 Å². The van der Waals surface area contributed by atoms with Crippen LogP contribution in [0.2, 0.25) is 0 Å². The maximum Gasteiger partial charge on any atom is 0.305 e. The Labute approximate surface area is 101 Å². The molecule has 0 aromatic heterocycles. The van der Waals surface area contributed by atoms with Gasteiger partial charge in [0.05, 0.1) is 7.11 Å². The van der Waals surface area contributed by atoms with Gasteiger partial charge in [0.15, 0.2) is 0 Å². The normalized spacial score (nSPS) is 10.2. The monoisotopic (exact) mass is 239 g/mol. The molecule has 17 heavy (non-hydrogen) atoms. The number of nitrogens with one attached hydrogen (secondary N) is 1. The molecule has 4 heteroatoms. The van der Waals surface area contributed by atoms with E-state index in [1.807, 2.05) is 6.07 Å². The zero-order valence-electron chi connectivity index (χ0n) is 10.0. The van der Waals surface area contributed by atoms with Crippen molar-refractivity contribution >= 4 is 5.97 Å². The van der Waals surface area contributed by atoms with E-state index in [0.29, 0.717) is 24.9 Å². The van der Waals surface area contributed by atoms with Crippen molar-refractivity contribution in [3.8, 4) is 0 Å². The Hall–Kier alpha value is -1.42. The second kappa shape index (κ2) is 7.79. The molecular formula is C13H18FNO2. The topological polar surface area (TPSA) is 38.3 Å². The largest absolute Gasteiger partial charge is 0.469 e.